The summed E-state index contributed by atoms with van der Waals surface area (Å²) < 4.78 is 6.52. The fourth-order valence-corrected chi connectivity index (χ4v) is 3.60. The fraction of sp³-hybridized carbons (Fsp3) is 0.667. The van der Waals surface area contributed by atoms with Crippen molar-refractivity contribution in [3.63, 3.8) is 0 Å². The standard InChI is InChI=1S/C18H28N2O/c1-14(2)20-12-6-10-18(3,13-20)21-16-9-4-7-15-8-5-11-19-17(15)16/h4,7,9,14,19H,5-6,8,10-13H2,1-3H3. The molecule has 1 N–H and O–H groups in total. The highest BCUT2D eigenvalue weighted by atomic mass is 16.5. The van der Waals surface area contributed by atoms with Crippen molar-refractivity contribution in [2.45, 2.75) is 58.1 Å². The van der Waals surface area contributed by atoms with E-state index in [0.29, 0.717) is 6.04 Å². The van der Waals surface area contributed by atoms with Gasteiger partial charge in [-0.3, -0.25) is 4.90 Å². The van der Waals surface area contributed by atoms with Gasteiger partial charge in [-0.2, -0.15) is 0 Å². The molecule has 3 nitrogen and oxygen atoms in total. The highest BCUT2D eigenvalue weighted by Crippen LogP contribution is 2.36. The lowest BCUT2D eigenvalue weighted by atomic mass is 9.93. The zero-order valence-corrected chi connectivity index (χ0v) is 13.6. The summed E-state index contributed by atoms with van der Waals surface area (Å²) in [5.41, 5.74) is 2.56. The highest BCUT2D eigenvalue weighted by molar-refractivity contribution is 5.63. The predicted molar refractivity (Wildman–Crippen MR) is 88.2 cm³/mol. The fourth-order valence-electron chi connectivity index (χ4n) is 3.60. The Morgan fingerprint density at radius 1 is 1.29 bits per heavy atom. The number of hydrogen-bond acceptors (Lipinski definition) is 3. The molecule has 21 heavy (non-hydrogen) atoms. The van der Waals surface area contributed by atoms with E-state index in [-0.39, 0.29) is 5.60 Å². The van der Waals surface area contributed by atoms with E-state index in [4.69, 9.17) is 4.74 Å². The first-order valence-corrected chi connectivity index (χ1v) is 8.36. The molecule has 2 aliphatic rings. The average molecular weight is 288 g/mol. The van der Waals surface area contributed by atoms with E-state index in [1.54, 1.807) is 0 Å². The zero-order chi connectivity index (χ0) is 14.9. The maximum absolute atomic E-state index is 6.52. The number of likely N-dealkylation sites (tertiary alicyclic amines) is 1. The molecule has 116 valence electrons. The predicted octanol–water partition coefficient (Wildman–Crippen LogP) is 3.69. The Bertz CT molecular complexity index is 500. The van der Waals surface area contributed by atoms with Gasteiger partial charge in [0, 0.05) is 19.1 Å². The van der Waals surface area contributed by atoms with Gasteiger partial charge in [0.2, 0.25) is 0 Å². The van der Waals surface area contributed by atoms with Crippen LogP contribution in [-0.4, -0.2) is 36.2 Å². The molecule has 0 aliphatic carbocycles. The molecule has 3 rings (SSSR count). The summed E-state index contributed by atoms with van der Waals surface area (Å²) in [5.74, 6) is 1.04. The summed E-state index contributed by atoms with van der Waals surface area (Å²) in [6.07, 6.45) is 4.74. The first-order valence-electron chi connectivity index (χ1n) is 8.36. The Hall–Kier alpha value is -1.22. The number of nitrogens with one attached hydrogen (secondary N) is 1. The van der Waals surface area contributed by atoms with Crippen LogP contribution in [0.2, 0.25) is 0 Å². The number of benzene rings is 1. The molecule has 1 atom stereocenters. The van der Waals surface area contributed by atoms with E-state index in [1.165, 1.54) is 30.6 Å². The summed E-state index contributed by atoms with van der Waals surface area (Å²) in [5, 5.41) is 3.53. The zero-order valence-electron chi connectivity index (χ0n) is 13.6. The molecule has 0 bridgehead atoms. The minimum absolute atomic E-state index is 0.0726. The highest BCUT2D eigenvalue weighted by Gasteiger charge is 2.34. The van der Waals surface area contributed by atoms with Crippen molar-refractivity contribution in [2.24, 2.45) is 0 Å². The molecule has 0 saturated carbocycles. The van der Waals surface area contributed by atoms with Gasteiger partial charge in [-0.15, -0.1) is 0 Å². The number of nitrogens with zero attached hydrogens (tertiary/aromatic N) is 1. The Kier molecular flexibility index (Phi) is 4.12. The van der Waals surface area contributed by atoms with Crippen molar-refractivity contribution in [2.75, 3.05) is 25.0 Å². The molecule has 1 aromatic rings. The molecule has 0 radical (unpaired) electrons. The van der Waals surface area contributed by atoms with E-state index in [2.05, 4.69) is 49.2 Å². The molecule has 1 unspecified atom stereocenters. The normalized spacial score (nSPS) is 26.3. The van der Waals surface area contributed by atoms with Crippen molar-refractivity contribution < 1.29 is 4.74 Å². The Labute approximate surface area is 128 Å². The molecular weight excluding hydrogens is 260 g/mol. The quantitative estimate of drug-likeness (QED) is 0.918. The minimum Gasteiger partial charge on any atom is -0.484 e. The van der Waals surface area contributed by atoms with Crippen LogP contribution >= 0.6 is 0 Å². The number of para-hydroxylation sites is 1. The van der Waals surface area contributed by atoms with Crippen molar-refractivity contribution in [3.8, 4) is 5.75 Å². The van der Waals surface area contributed by atoms with E-state index in [9.17, 15) is 0 Å². The third kappa shape index (κ3) is 3.18. The smallest absolute Gasteiger partial charge is 0.143 e. The molecule has 0 aromatic heterocycles. The Morgan fingerprint density at radius 3 is 2.95 bits per heavy atom. The van der Waals surface area contributed by atoms with Crippen LogP contribution in [0.5, 0.6) is 5.75 Å². The number of hydrogen-bond donors (Lipinski definition) is 1. The van der Waals surface area contributed by atoms with Crippen LogP contribution in [-0.2, 0) is 6.42 Å². The molecule has 2 aliphatic heterocycles. The van der Waals surface area contributed by atoms with Crippen molar-refractivity contribution >= 4 is 5.69 Å². The summed E-state index contributed by atoms with van der Waals surface area (Å²) in [7, 11) is 0. The van der Waals surface area contributed by atoms with Gasteiger partial charge in [-0.05, 0) is 64.6 Å². The molecule has 0 spiro atoms. The van der Waals surface area contributed by atoms with Gasteiger partial charge in [-0.1, -0.05) is 12.1 Å². The van der Waals surface area contributed by atoms with Crippen LogP contribution in [0.1, 0.15) is 45.6 Å². The average Bonchev–Trinajstić information content (AvgIpc) is 2.47. The number of fused-ring (bicyclic) bond motifs is 1. The number of aryl methyl sites for hydroxylation is 1. The third-order valence-corrected chi connectivity index (χ3v) is 4.81. The van der Waals surface area contributed by atoms with Crippen molar-refractivity contribution in [1.82, 2.24) is 4.90 Å². The van der Waals surface area contributed by atoms with E-state index >= 15 is 0 Å². The monoisotopic (exact) mass is 288 g/mol. The number of piperidine rings is 1. The van der Waals surface area contributed by atoms with Crippen molar-refractivity contribution in [3.05, 3.63) is 23.8 Å². The van der Waals surface area contributed by atoms with E-state index < -0.39 is 0 Å². The maximum atomic E-state index is 6.52. The van der Waals surface area contributed by atoms with Crippen molar-refractivity contribution in [1.29, 1.82) is 0 Å². The molecule has 1 saturated heterocycles. The van der Waals surface area contributed by atoms with Gasteiger partial charge in [0.1, 0.15) is 11.4 Å². The molecule has 2 heterocycles. The van der Waals surface area contributed by atoms with Crippen LogP contribution in [0.15, 0.2) is 18.2 Å². The first kappa shape index (κ1) is 14.7. The number of anilines is 1. The van der Waals surface area contributed by atoms with Crippen LogP contribution in [0, 0.1) is 0 Å². The van der Waals surface area contributed by atoms with E-state index in [1.807, 2.05) is 0 Å². The third-order valence-electron chi connectivity index (χ3n) is 4.81. The second-order valence-corrected chi connectivity index (χ2v) is 7.04. The molecular formula is C18H28N2O. The maximum Gasteiger partial charge on any atom is 0.143 e. The van der Waals surface area contributed by atoms with Gasteiger partial charge >= 0.3 is 0 Å². The summed E-state index contributed by atoms with van der Waals surface area (Å²) in [6.45, 7) is 10.1. The SMILES string of the molecule is CC(C)N1CCCC(C)(Oc2cccc3c2NCCC3)C1. The number of ether oxygens (including phenoxy) is 1. The Morgan fingerprint density at radius 2 is 2.14 bits per heavy atom. The lowest BCUT2D eigenvalue weighted by Crippen LogP contribution is -2.52. The second-order valence-electron chi connectivity index (χ2n) is 7.04. The van der Waals surface area contributed by atoms with Crippen LogP contribution < -0.4 is 10.1 Å². The molecule has 0 amide bonds. The largest absolute Gasteiger partial charge is 0.484 e. The Balaban J connectivity index is 1.79. The second kappa shape index (κ2) is 5.88. The van der Waals surface area contributed by atoms with Gasteiger partial charge in [-0.25, -0.2) is 0 Å². The molecule has 1 aromatic carbocycles. The van der Waals surface area contributed by atoms with Gasteiger partial charge in [0.05, 0.1) is 5.69 Å². The topological polar surface area (TPSA) is 24.5 Å². The van der Waals surface area contributed by atoms with Gasteiger partial charge in [0.15, 0.2) is 0 Å². The van der Waals surface area contributed by atoms with Crippen LogP contribution in [0.4, 0.5) is 5.69 Å². The van der Waals surface area contributed by atoms with E-state index in [0.717, 1.165) is 31.7 Å². The molecule has 1 fully saturated rings. The van der Waals surface area contributed by atoms with Crippen LogP contribution in [0.25, 0.3) is 0 Å². The van der Waals surface area contributed by atoms with Gasteiger partial charge < -0.3 is 10.1 Å². The lowest BCUT2D eigenvalue weighted by Gasteiger charge is -2.42. The lowest BCUT2D eigenvalue weighted by molar-refractivity contribution is -0.00489. The van der Waals surface area contributed by atoms with Gasteiger partial charge in [0.25, 0.3) is 0 Å². The summed E-state index contributed by atoms with van der Waals surface area (Å²) in [6, 6.07) is 7.07. The molecule has 3 heteroatoms. The first-order chi connectivity index (χ1) is 10.1. The summed E-state index contributed by atoms with van der Waals surface area (Å²) >= 11 is 0. The summed E-state index contributed by atoms with van der Waals surface area (Å²) in [4.78, 5) is 2.53. The van der Waals surface area contributed by atoms with Crippen LogP contribution in [0.3, 0.4) is 0 Å². The number of rotatable bonds is 3. The minimum atomic E-state index is -0.0726.